The number of nitrogens with one attached hydrogen (secondary N) is 1. The van der Waals surface area contributed by atoms with Crippen LogP contribution in [0.5, 0.6) is 0 Å². The highest BCUT2D eigenvalue weighted by atomic mass is 14.8. The number of hydrogen-bond acceptors (Lipinski definition) is 1. The fraction of sp³-hybridized carbons (Fsp3) is 0.455. The Morgan fingerprint density at radius 2 is 1.92 bits per heavy atom. The molecule has 0 spiro atoms. The van der Waals surface area contributed by atoms with Crippen LogP contribution in [0.2, 0.25) is 0 Å². The Hall–Kier alpha value is -0.820. The molecule has 0 bridgehead atoms. The largest absolute Gasteiger partial charge is 0.317 e. The summed E-state index contributed by atoms with van der Waals surface area (Å²) in [6.45, 7) is 6.40. The molecule has 0 saturated heterocycles. The number of hydrogen-bond donors (Lipinski definition) is 1. The molecular weight excluding hydrogens is 146 g/mol. The van der Waals surface area contributed by atoms with Crippen molar-refractivity contribution in [3.63, 3.8) is 0 Å². The predicted molar refractivity (Wildman–Crippen MR) is 55.5 cm³/mol. The van der Waals surface area contributed by atoms with Crippen molar-refractivity contribution in [1.29, 1.82) is 0 Å². The lowest BCUT2D eigenvalue weighted by Crippen LogP contribution is -2.15. The van der Waals surface area contributed by atoms with Gasteiger partial charge in [-0.1, -0.05) is 36.8 Å². The van der Waals surface area contributed by atoms with Gasteiger partial charge in [0.05, 0.1) is 0 Å². The van der Waals surface area contributed by atoms with Gasteiger partial charge >= 0.3 is 0 Å². The van der Waals surface area contributed by atoms with Gasteiger partial charge in [0.1, 0.15) is 0 Å². The van der Waals surface area contributed by atoms with Crippen LogP contribution in [-0.2, 0) is 6.42 Å². The van der Waals surface area contributed by atoms with Crippen molar-refractivity contribution in [1.82, 2.24) is 5.32 Å². The highest BCUT2D eigenvalue weighted by Crippen LogP contribution is 2.02. The number of aryl methyl sites for hydroxylation is 1. The summed E-state index contributed by atoms with van der Waals surface area (Å²) in [4.78, 5) is 0. The number of rotatable bonds is 4. The molecule has 0 aliphatic heterocycles. The molecule has 0 aliphatic rings. The van der Waals surface area contributed by atoms with Gasteiger partial charge in [-0.15, -0.1) is 0 Å². The van der Waals surface area contributed by atoms with Crippen molar-refractivity contribution in [2.45, 2.75) is 20.3 Å². The van der Waals surface area contributed by atoms with Crippen LogP contribution in [0.1, 0.15) is 19.5 Å². The van der Waals surface area contributed by atoms with E-state index in [1.54, 1.807) is 0 Å². The molecule has 1 aromatic carbocycles. The maximum Gasteiger partial charge on any atom is 0 e. The Morgan fingerprint density at radius 3 is 2.50 bits per heavy atom. The topological polar surface area (TPSA) is 12.0 Å². The van der Waals surface area contributed by atoms with E-state index < -0.39 is 0 Å². The van der Waals surface area contributed by atoms with E-state index >= 15 is 0 Å². The molecule has 0 fully saturated rings. The summed E-state index contributed by atoms with van der Waals surface area (Å²) in [5, 5.41) is 3.31. The zero-order valence-electron chi connectivity index (χ0n) is 7.93. The van der Waals surface area contributed by atoms with Crippen LogP contribution < -0.4 is 5.32 Å². The molecule has 0 amide bonds. The Labute approximate surface area is 76.3 Å². The van der Waals surface area contributed by atoms with Crippen LogP contribution in [0.4, 0.5) is 0 Å². The summed E-state index contributed by atoms with van der Waals surface area (Å²) >= 11 is 0. The molecule has 0 saturated carbocycles. The molecule has 1 nitrogen and oxygen atoms in total. The van der Waals surface area contributed by atoms with Gasteiger partial charge in [-0.25, -0.2) is 0 Å². The van der Waals surface area contributed by atoms with Gasteiger partial charge in [-0.05, 0) is 32.0 Å². The van der Waals surface area contributed by atoms with E-state index in [2.05, 4.69) is 43.4 Å². The van der Waals surface area contributed by atoms with E-state index in [1.165, 1.54) is 11.1 Å². The fourth-order valence-electron chi connectivity index (χ4n) is 1.16. The Morgan fingerprint density at radius 1 is 1.25 bits per heavy atom. The van der Waals surface area contributed by atoms with E-state index in [0.29, 0.717) is 0 Å². The van der Waals surface area contributed by atoms with Gasteiger partial charge in [0, 0.05) is 1.43 Å². The van der Waals surface area contributed by atoms with Crippen LogP contribution in [-0.4, -0.2) is 13.1 Å². The molecule has 1 aromatic rings. The monoisotopic (exact) mass is 165 g/mol. The Kier molecular flexibility index (Phi) is 3.81. The van der Waals surface area contributed by atoms with Crippen LogP contribution in [0.15, 0.2) is 24.3 Å². The van der Waals surface area contributed by atoms with Gasteiger partial charge < -0.3 is 5.32 Å². The highest BCUT2D eigenvalue weighted by Gasteiger charge is 1.90. The first-order chi connectivity index (χ1) is 5.83. The third kappa shape index (κ3) is 3.05. The SMILES string of the molecule is CCNCCc1ccc(C)cc1.[HH]. The van der Waals surface area contributed by atoms with Crippen molar-refractivity contribution in [2.75, 3.05) is 13.1 Å². The molecule has 0 aliphatic carbocycles. The Bertz CT molecular complexity index is 218. The van der Waals surface area contributed by atoms with Gasteiger partial charge in [0.25, 0.3) is 0 Å². The van der Waals surface area contributed by atoms with Crippen molar-refractivity contribution in [3.05, 3.63) is 35.4 Å². The van der Waals surface area contributed by atoms with Gasteiger partial charge in [-0.3, -0.25) is 0 Å². The average Bonchev–Trinajstić information content (AvgIpc) is 2.09. The molecule has 0 heterocycles. The lowest BCUT2D eigenvalue weighted by molar-refractivity contribution is 0.716. The molecule has 0 unspecified atom stereocenters. The minimum atomic E-state index is 0. The molecule has 1 heteroatoms. The summed E-state index contributed by atoms with van der Waals surface area (Å²) in [6.07, 6.45) is 1.13. The fourth-order valence-corrected chi connectivity index (χ4v) is 1.16. The molecule has 0 radical (unpaired) electrons. The molecular formula is C11H19N. The zero-order chi connectivity index (χ0) is 8.81. The minimum absolute atomic E-state index is 0. The summed E-state index contributed by atoms with van der Waals surface area (Å²) in [5.74, 6) is 0. The molecule has 0 aromatic heterocycles. The zero-order valence-corrected chi connectivity index (χ0v) is 7.93. The van der Waals surface area contributed by atoms with Crippen molar-refractivity contribution >= 4 is 0 Å². The molecule has 0 atom stereocenters. The predicted octanol–water partition coefficient (Wildman–Crippen LogP) is 2.39. The van der Waals surface area contributed by atoms with Crippen LogP contribution >= 0.6 is 0 Å². The number of likely N-dealkylation sites (N-methyl/N-ethyl adjacent to an activating group) is 1. The third-order valence-electron chi connectivity index (χ3n) is 1.96. The standard InChI is InChI=1S/C11H17N.H2/c1-3-12-9-8-11-6-4-10(2)5-7-11;/h4-7,12H,3,8-9H2,1-2H3;1H. The third-order valence-corrected chi connectivity index (χ3v) is 1.96. The molecule has 1 N–H and O–H groups in total. The second-order valence-electron chi connectivity index (χ2n) is 3.09. The second kappa shape index (κ2) is 4.94. The smallest absolute Gasteiger partial charge is 0 e. The van der Waals surface area contributed by atoms with Crippen LogP contribution in [0.25, 0.3) is 0 Å². The maximum absolute atomic E-state index is 3.31. The van der Waals surface area contributed by atoms with E-state index in [4.69, 9.17) is 0 Å². The normalized spacial score (nSPS) is 10.2. The van der Waals surface area contributed by atoms with E-state index in [1.807, 2.05) is 0 Å². The first kappa shape index (κ1) is 9.27. The highest BCUT2D eigenvalue weighted by molar-refractivity contribution is 5.21. The van der Waals surface area contributed by atoms with Gasteiger partial charge in [-0.2, -0.15) is 0 Å². The van der Waals surface area contributed by atoms with E-state index in [0.717, 1.165) is 19.5 Å². The first-order valence-electron chi connectivity index (χ1n) is 4.59. The molecule has 1 rings (SSSR count). The minimum Gasteiger partial charge on any atom is -0.317 e. The average molecular weight is 165 g/mol. The van der Waals surface area contributed by atoms with Gasteiger partial charge in [0.15, 0.2) is 0 Å². The van der Waals surface area contributed by atoms with Crippen molar-refractivity contribution in [3.8, 4) is 0 Å². The number of benzene rings is 1. The molecule has 12 heavy (non-hydrogen) atoms. The van der Waals surface area contributed by atoms with Crippen LogP contribution in [0.3, 0.4) is 0 Å². The van der Waals surface area contributed by atoms with Crippen molar-refractivity contribution < 1.29 is 1.43 Å². The van der Waals surface area contributed by atoms with Crippen molar-refractivity contribution in [2.24, 2.45) is 0 Å². The quantitative estimate of drug-likeness (QED) is 0.675. The van der Waals surface area contributed by atoms with Gasteiger partial charge in [0.2, 0.25) is 0 Å². The lowest BCUT2D eigenvalue weighted by atomic mass is 10.1. The Balaban J connectivity index is 0.00000144. The van der Waals surface area contributed by atoms with E-state index in [9.17, 15) is 0 Å². The summed E-state index contributed by atoms with van der Waals surface area (Å²) in [7, 11) is 0. The summed E-state index contributed by atoms with van der Waals surface area (Å²) in [5.41, 5.74) is 2.75. The molecule has 68 valence electrons. The van der Waals surface area contributed by atoms with Crippen LogP contribution in [0, 0.1) is 6.92 Å². The lowest BCUT2D eigenvalue weighted by Gasteiger charge is -2.01. The second-order valence-corrected chi connectivity index (χ2v) is 3.09. The summed E-state index contributed by atoms with van der Waals surface area (Å²) in [6, 6.07) is 8.74. The summed E-state index contributed by atoms with van der Waals surface area (Å²) < 4.78 is 0. The maximum atomic E-state index is 3.31. The first-order valence-corrected chi connectivity index (χ1v) is 4.59. The van der Waals surface area contributed by atoms with E-state index in [-0.39, 0.29) is 1.43 Å².